The monoisotopic (exact) mass is 230 g/mol. The molecule has 1 fully saturated rings. The van der Waals surface area contributed by atoms with E-state index in [2.05, 4.69) is 19.3 Å². The fraction of sp³-hybridized carbons (Fsp3) is 1.00. The Bertz CT molecular complexity index is 156. The van der Waals surface area contributed by atoms with E-state index in [9.17, 15) is 0 Å². The smallest absolute Gasteiger partial charge is 0.0303 e. The summed E-state index contributed by atoms with van der Waals surface area (Å²) in [5.74, 6) is 7.69. The molecule has 90 valence electrons. The van der Waals surface area contributed by atoms with Crippen LogP contribution in [0.3, 0.4) is 0 Å². The second kappa shape index (κ2) is 7.53. The number of nitrogens with one attached hydrogen (secondary N) is 1. The van der Waals surface area contributed by atoms with Crippen LogP contribution in [-0.2, 0) is 0 Å². The van der Waals surface area contributed by atoms with Crippen LogP contribution in [0.4, 0.5) is 0 Å². The Kier molecular flexibility index (Phi) is 6.69. The van der Waals surface area contributed by atoms with Gasteiger partial charge in [-0.25, -0.2) is 0 Å². The van der Waals surface area contributed by atoms with Crippen molar-refractivity contribution >= 4 is 11.8 Å². The fourth-order valence-corrected chi connectivity index (χ4v) is 3.17. The molecule has 1 aliphatic rings. The molecule has 0 aromatic heterocycles. The Morgan fingerprint density at radius 2 is 1.93 bits per heavy atom. The minimum atomic E-state index is 0.514. The molecule has 0 amide bonds. The topological polar surface area (TPSA) is 38.0 Å². The SMILES string of the molecule is CC(C)SCC(CC1CCCCC1)NN. The maximum absolute atomic E-state index is 5.61. The highest BCUT2D eigenvalue weighted by molar-refractivity contribution is 7.99. The lowest BCUT2D eigenvalue weighted by molar-refractivity contribution is 0.308. The van der Waals surface area contributed by atoms with E-state index in [0.717, 1.165) is 11.7 Å². The molecule has 0 heterocycles. The highest BCUT2D eigenvalue weighted by Gasteiger charge is 2.18. The van der Waals surface area contributed by atoms with Gasteiger partial charge in [0.25, 0.3) is 0 Å². The first kappa shape index (κ1) is 13.3. The molecule has 3 N–H and O–H groups in total. The Labute approximate surface area is 98.7 Å². The summed E-state index contributed by atoms with van der Waals surface area (Å²) in [6.45, 7) is 4.50. The molecule has 2 nitrogen and oxygen atoms in total. The summed E-state index contributed by atoms with van der Waals surface area (Å²) < 4.78 is 0. The Morgan fingerprint density at radius 1 is 1.27 bits per heavy atom. The van der Waals surface area contributed by atoms with Gasteiger partial charge < -0.3 is 0 Å². The third-order valence-electron chi connectivity index (χ3n) is 3.21. The third kappa shape index (κ3) is 5.79. The predicted molar refractivity (Wildman–Crippen MR) is 69.9 cm³/mol. The standard InChI is InChI=1S/C12H26N2S/c1-10(2)15-9-12(14-13)8-11-6-4-3-5-7-11/h10-12,14H,3-9,13H2,1-2H3. The summed E-state index contributed by atoms with van der Waals surface area (Å²) in [5.41, 5.74) is 2.98. The molecular weight excluding hydrogens is 204 g/mol. The van der Waals surface area contributed by atoms with Crippen LogP contribution in [0.1, 0.15) is 52.4 Å². The third-order valence-corrected chi connectivity index (χ3v) is 4.47. The van der Waals surface area contributed by atoms with Gasteiger partial charge in [0.1, 0.15) is 0 Å². The Balaban J connectivity index is 2.19. The average molecular weight is 230 g/mol. The van der Waals surface area contributed by atoms with Crippen LogP contribution in [0.15, 0.2) is 0 Å². The van der Waals surface area contributed by atoms with E-state index >= 15 is 0 Å². The van der Waals surface area contributed by atoms with E-state index in [-0.39, 0.29) is 0 Å². The fourth-order valence-electron chi connectivity index (χ4n) is 2.32. The van der Waals surface area contributed by atoms with Crippen LogP contribution in [0.25, 0.3) is 0 Å². The molecule has 1 atom stereocenters. The molecule has 1 rings (SSSR count). The van der Waals surface area contributed by atoms with E-state index in [0.29, 0.717) is 11.3 Å². The van der Waals surface area contributed by atoms with Gasteiger partial charge in [-0.1, -0.05) is 46.0 Å². The van der Waals surface area contributed by atoms with Gasteiger partial charge in [-0.2, -0.15) is 11.8 Å². The molecular formula is C12H26N2S. The Morgan fingerprint density at radius 3 is 2.47 bits per heavy atom. The summed E-state index contributed by atoms with van der Waals surface area (Å²) in [7, 11) is 0. The maximum atomic E-state index is 5.61. The van der Waals surface area contributed by atoms with Gasteiger partial charge in [-0.15, -0.1) is 0 Å². The van der Waals surface area contributed by atoms with Crippen molar-refractivity contribution in [1.29, 1.82) is 0 Å². The van der Waals surface area contributed by atoms with Crippen molar-refractivity contribution in [1.82, 2.24) is 5.43 Å². The largest absolute Gasteiger partial charge is 0.271 e. The van der Waals surface area contributed by atoms with E-state index < -0.39 is 0 Å². The minimum absolute atomic E-state index is 0.514. The summed E-state index contributed by atoms with van der Waals surface area (Å²) in [6.07, 6.45) is 8.42. The van der Waals surface area contributed by atoms with E-state index in [1.54, 1.807) is 0 Å². The normalized spacial score (nSPS) is 20.8. The lowest BCUT2D eigenvalue weighted by atomic mass is 9.85. The van der Waals surface area contributed by atoms with Gasteiger partial charge >= 0.3 is 0 Å². The molecule has 0 saturated heterocycles. The molecule has 15 heavy (non-hydrogen) atoms. The lowest BCUT2D eigenvalue weighted by Crippen LogP contribution is -2.39. The summed E-state index contributed by atoms with van der Waals surface area (Å²) >= 11 is 2.01. The highest BCUT2D eigenvalue weighted by Crippen LogP contribution is 2.28. The first-order valence-corrected chi connectivity index (χ1v) is 7.35. The maximum Gasteiger partial charge on any atom is 0.0303 e. The van der Waals surface area contributed by atoms with Crippen molar-refractivity contribution in [2.45, 2.75) is 63.7 Å². The summed E-state index contributed by atoms with van der Waals surface area (Å²) in [6, 6.07) is 0.514. The molecule has 0 spiro atoms. The van der Waals surface area contributed by atoms with Crippen molar-refractivity contribution in [3.63, 3.8) is 0 Å². The molecule has 0 aromatic rings. The quantitative estimate of drug-likeness (QED) is 0.544. The van der Waals surface area contributed by atoms with Crippen molar-refractivity contribution in [2.75, 3.05) is 5.75 Å². The first-order valence-electron chi connectivity index (χ1n) is 6.30. The average Bonchev–Trinajstić information content (AvgIpc) is 2.25. The number of hydrogen-bond donors (Lipinski definition) is 2. The molecule has 1 saturated carbocycles. The van der Waals surface area contributed by atoms with Gasteiger partial charge in [0.2, 0.25) is 0 Å². The second-order valence-electron chi connectivity index (χ2n) is 4.99. The van der Waals surface area contributed by atoms with E-state index in [1.807, 2.05) is 11.8 Å². The zero-order valence-corrected chi connectivity index (χ0v) is 11.0. The van der Waals surface area contributed by atoms with Gasteiger partial charge in [0.05, 0.1) is 0 Å². The Hall–Kier alpha value is 0.270. The molecule has 0 aliphatic heterocycles. The number of nitrogens with two attached hydrogens (primary N) is 1. The van der Waals surface area contributed by atoms with Crippen molar-refractivity contribution in [3.8, 4) is 0 Å². The van der Waals surface area contributed by atoms with Gasteiger partial charge in [-0.05, 0) is 17.6 Å². The lowest BCUT2D eigenvalue weighted by Gasteiger charge is -2.26. The first-order chi connectivity index (χ1) is 7.22. The van der Waals surface area contributed by atoms with Crippen molar-refractivity contribution in [3.05, 3.63) is 0 Å². The van der Waals surface area contributed by atoms with Crippen molar-refractivity contribution in [2.24, 2.45) is 11.8 Å². The van der Waals surface area contributed by atoms with Crippen LogP contribution in [0, 0.1) is 5.92 Å². The molecule has 0 bridgehead atoms. The van der Waals surface area contributed by atoms with Crippen LogP contribution in [0.5, 0.6) is 0 Å². The van der Waals surface area contributed by atoms with Gasteiger partial charge in [0, 0.05) is 11.8 Å². The zero-order valence-electron chi connectivity index (χ0n) is 10.2. The van der Waals surface area contributed by atoms with Crippen LogP contribution < -0.4 is 11.3 Å². The van der Waals surface area contributed by atoms with Crippen LogP contribution in [-0.4, -0.2) is 17.0 Å². The second-order valence-corrected chi connectivity index (χ2v) is 6.59. The predicted octanol–water partition coefficient (Wildman–Crippen LogP) is 2.93. The minimum Gasteiger partial charge on any atom is -0.271 e. The molecule has 3 heteroatoms. The van der Waals surface area contributed by atoms with Crippen LogP contribution in [0.2, 0.25) is 0 Å². The summed E-state index contributed by atoms with van der Waals surface area (Å²) in [4.78, 5) is 0. The number of hydrogen-bond acceptors (Lipinski definition) is 3. The number of hydrazine groups is 1. The van der Waals surface area contributed by atoms with Crippen molar-refractivity contribution < 1.29 is 0 Å². The van der Waals surface area contributed by atoms with Crippen LogP contribution >= 0.6 is 11.8 Å². The molecule has 0 radical (unpaired) electrons. The molecule has 1 aliphatic carbocycles. The van der Waals surface area contributed by atoms with E-state index in [1.165, 1.54) is 38.5 Å². The summed E-state index contributed by atoms with van der Waals surface area (Å²) in [5, 5.41) is 0.715. The van der Waals surface area contributed by atoms with Gasteiger partial charge in [0.15, 0.2) is 0 Å². The highest BCUT2D eigenvalue weighted by atomic mass is 32.2. The number of thioether (sulfide) groups is 1. The molecule has 1 unspecified atom stereocenters. The van der Waals surface area contributed by atoms with Gasteiger partial charge in [-0.3, -0.25) is 11.3 Å². The van der Waals surface area contributed by atoms with E-state index in [4.69, 9.17) is 5.84 Å². The zero-order chi connectivity index (χ0) is 11.1. The number of rotatable bonds is 6. The molecule has 0 aromatic carbocycles.